The van der Waals surface area contributed by atoms with Gasteiger partial charge >= 0.3 is 5.63 Å². The van der Waals surface area contributed by atoms with Crippen molar-refractivity contribution in [2.24, 2.45) is 0 Å². The van der Waals surface area contributed by atoms with Gasteiger partial charge in [-0.2, -0.15) is 0 Å². The number of rotatable bonds is 5. The molecule has 0 aliphatic heterocycles. The van der Waals surface area contributed by atoms with E-state index in [0.29, 0.717) is 28.6 Å². The maximum atomic E-state index is 12.4. The summed E-state index contributed by atoms with van der Waals surface area (Å²) in [6, 6.07) is 14.9. The van der Waals surface area contributed by atoms with Crippen LogP contribution in [-0.4, -0.2) is 18.7 Å². The van der Waals surface area contributed by atoms with E-state index in [2.05, 4.69) is 0 Å². The average Bonchev–Trinajstić information content (AvgIpc) is 2.59. The van der Waals surface area contributed by atoms with Crippen molar-refractivity contribution < 1.29 is 18.7 Å². The molecule has 0 unspecified atom stereocenters. The highest BCUT2D eigenvalue weighted by molar-refractivity contribution is 6.09. The number of hydrogen-bond acceptors (Lipinski definition) is 5. The minimum absolute atomic E-state index is 0.0229. The van der Waals surface area contributed by atoms with Gasteiger partial charge < -0.3 is 9.15 Å². The van der Waals surface area contributed by atoms with Crippen LogP contribution in [0.5, 0.6) is 5.75 Å². The Morgan fingerprint density at radius 2 is 1.87 bits per heavy atom. The third-order valence-electron chi connectivity index (χ3n) is 3.31. The fourth-order valence-corrected chi connectivity index (χ4v) is 2.21. The second-order valence-electron chi connectivity index (χ2n) is 4.82. The molecule has 0 saturated carbocycles. The van der Waals surface area contributed by atoms with Crippen molar-refractivity contribution in [1.29, 1.82) is 0 Å². The molecule has 5 heteroatoms. The summed E-state index contributed by atoms with van der Waals surface area (Å²) in [7, 11) is 0. The molecule has 0 aliphatic rings. The fourth-order valence-electron chi connectivity index (χ4n) is 2.21. The Balaban J connectivity index is 2.03. The number of hydrogen-bond donors (Lipinski definition) is 0. The third-order valence-corrected chi connectivity index (χ3v) is 3.31. The lowest BCUT2D eigenvalue weighted by molar-refractivity contribution is -0.109. The van der Waals surface area contributed by atoms with E-state index >= 15 is 0 Å². The minimum Gasteiger partial charge on any atom is -0.486 e. The Bertz CT molecular complexity index is 925. The first kappa shape index (κ1) is 14.7. The average molecular weight is 308 g/mol. The molecule has 2 aromatic carbocycles. The maximum absolute atomic E-state index is 12.4. The second kappa shape index (κ2) is 6.27. The zero-order valence-electron chi connectivity index (χ0n) is 12.0. The Kier molecular flexibility index (Phi) is 4.01. The molecule has 0 aliphatic carbocycles. The van der Waals surface area contributed by atoms with Gasteiger partial charge in [0.05, 0.1) is 0 Å². The number of carbonyl (C=O) groups excluding carboxylic acids is 2. The van der Waals surface area contributed by atoms with E-state index in [1.165, 1.54) is 12.1 Å². The van der Waals surface area contributed by atoms with Crippen LogP contribution in [0.25, 0.3) is 11.0 Å². The Morgan fingerprint density at radius 1 is 1.09 bits per heavy atom. The van der Waals surface area contributed by atoms with Gasteiger partial charge in [0.15, 0.2) is 12.1 Å². The number of ketones is 1. The lowest BCUT2D eigenvalue weighted by Gasteiger charge is -2.05. The molecular weight excluding hydrogens is 296 g/mol. The van der Waals surface area contributed by atoms with E-state index < -0.39 is 5.63 Å². The lowest BCUT2D eigenvalue weighted by atomic mass is 10.0. The van der Waals surface area contributed by atoms with Gasteiger partial charge in [-0.05, 0) is 18.2 Å². The summed E-state index contributed by atoms with van der Waals surface area (Å²) in [5, 5.41) is 0.599. The predicted octanol–water partition coefficient (Wildman–Crippen LogP) is 2.60. The zero-order valence-corrected chi connectivity index (χ0v) is 12.0. The van der Waals surface area contributed by atoms with Crippen LogP contribution in [0.2, 0.25) is 0 Å². The maximum Gasteiger partial charge on any atom is 0.347 e. The summed E-state index contributed by atoms with van der Waals surface area (Å²) < 4.78 is 10.4. The first-order valence-electron chi connectivity index (χ1n) is 6.93. The summed E-state index contributed by atoms with van der Waals surface area (Å²) in [5.74, 6) is 0.0254. The number of carbonyl (C=O) groups is 2. The largest absolute Gasteiger partial charge is 0.486 e. The SMILES string of the molecule is O=CCOc1ccc2cc(C(=O)c3ccccc3)c(=O)oc2c1. The topological polar surface area (TPSA) is 73.6 Å². The normalized spacial score (nSPS) is 10.4. The van der Waals surface area contributed by atoms with Crippen LogP contribution in [-0.2, 0) is 4.79 Å². The molecule has 0 N–H and O–H groups in total. The van der Waals surface area contributed by atoms with Gasteiger partial charge in [0.25, 0.3) is 0 Å². The summed E-state index contributed by atoms with van der Waals surface area (Å²) in [6.07, 6.45) is 0.627. The van der Waals surface area contributed by atoms with E-state index in [1.54, 1.807) is 42.5 Å². The molecule has 23 heavy (non-hydrogen) atoms. The van der Waals surface area contributed by atoms with Crippen LogP contribution in [0.3, 0.4) is 0 Å². The van der Waals surface area contributed by atoms with Gasteiger partial charge in [0.1, 0.15) is 23.5 Å². The Labute approximate surface area is 131 Å². The molecule has 0 saturated heterocycles. The Morgan fingerprint density at radius 3 is 2.61 bits per heavy atom. The van der Waals surface area contributed by atoms with Gasteiger partial charge in [-0.1, -0.05) is 30.3 Å². The van der Waals surface area contributed by atoms with Crippen LogP contribution in [0.4, 0.5) is 0 Å². The van der Waals surface area contributed by atoms with E-state index in [-0.39, 0.29) is 18.0 Å². The monoisotopic (exact) mass is 308 g/mol. The van der Waals surface area contributed by atoms with Gasteiger partial charge in [-0.25, -0.2) is 4.79 Å². The van der Waals surface area contributed by atoms with Gasteiger partial charge in [-0.3, -0.25) is 9.59 Å². The predicted molar refractivity (Wildman–Crippen MR) is 83.9 cm³/mol. The molecule has 0 amide bonds. The van der Waals surface area contributed by atoms with Crippen LogP contribution in [0.1, 0.15) is 15.9 Å². The standard InChI is InChI=1S/C18H12O5/c19-8-9-22-14-7-6-13-10-15(18(21)23-16(13)11-14)17(20)12-4-2-1-3-5-12/h1-8,10-11H,9H2. The van der Waals surface area contributed by atoms with Crippen molar-refractivity contribution in [3.63, 3.8) is 0 Å². The van der Waals surface area contributed by atoms with E-state index in [4.69, 9.17) is 9.15 Å². The molecule has 1 aromatic heterocycles. The van der Waals surface area contributed by atoms with Crippen molar-refractivity contribution >= 4 is 23.0 Å². The van der Waals surface area contributed by atoms with Crippen LogP contribution in [0, 0.1) is 0 Å². The summed E-state index contributed by atoms with van der Waals surface area (Å²) in [5.41, 5.74) is -0.0164. The van der Waals surface area contributed by atoms with Crippen molar-refractivity contribution in [1.82, 2.24) is 0 Å². The number of ether oxygens (including phenoxy) is 1. The molecule has 3 aromatic rings. The summed E-state index contributed by atoms with van der Waals surface area (Å²) >= 11 is 0. The van der Waals surface area contributed by atoms with Crippen molar-refractivity contribution in [3.05, 3.63) is 76.1 Å². The fraction of sp³-hybridized carbons (Fsp3) is 0.0556. The molecule has 5 nitrogen and oxygen atoms in total. The summed E-state index contributed by atoms with van der Waals surface area (Å²) in [4.78, 5) is 34.8. The lowest BCUT2D eigenvalue weighted by Crippen LogP contribution is -2.14. The quantitative estimate of drug-likeness (QED) is 0.411. The minimum atomic E-state index is -0.709. The van der Waals surface area contributed by atoms with E-state index in [1.807, 2.05) is 0 Å². The summed E-state index contributed by atoms with van der Waals surface area (Å²) in [6.45, 7) is -0.0830. The highest BCUT2D eigenvalue weighted by Gasteiger charge is 2.15. The number of fused-ring (bicyclic) bond motifs is 1. The molecule has 0 radical (unpaired) electrons. The smallest absolute Gasteiger partial charge is 0.347 e. The van der Waals surface area contributed by atoms with E-state index in [0.717, 1.165) is 0 Å². The first-order chi connectivity index (χ1) is 11.2. The molecule has 3 rings (SSSR count). The second-order valence-corrected chi connectivity index (χ2v) is 4.82. The first-order valence-corrected chi connectivity index (χ1v) is 6.93. The van der Waals surface area contributed by atoms with Crippen molar-refractivity contribution in [2.45, 2.75) is 0 Å². The van der Waals surface area contributed by atoms with Crippen molar-refractivity contribution in [2.75, 3.05) is 6.61 Å². The molecule has 0 atom stereocenters. The van der Waals surface area contributed by atoms with E-state index in [9.17, 15) is 14.4 Å². The van der Waals surface area contributed by atoms with Crippen molar-refractivity contribution in [3.8, 4) is 5.75 Å². The Hall–Kier alpha value is -3.21. The zero-order chi connectivity index (χ0) is 16.2. The van der Waals surface area contributed by atoms with Crippen LogP contribution < -0.4 is 10.4 Å². The van der Waals surface area contributed by atoms with Crippen LogP contribution >= 0.6 is 0 Å². The number of benzene rings is 2. The molecule has 0 bridgehead atoms. The van der Waals surface area contributed by atoms with Gasteiger partial charge in [0, 0.05) is 17.0 Å². The molecular formula is C18H12O5. The van der Waals surface area contributed by atoms with Crippen LogP contribution in [0.15, 0.2) is 63.8 Å². The molecule has 0 spiro atoms. The van der Waals surface area contributed by atoms with Gasteiger partial charge in [-0.15, -0.1) is 0 Å². The highest BCUT2D eigenvalue weighted by atomic mass is 16.5. The number of aldehydes is 1. The van der Waals surface area contributed by atoms with Gasteiger partial charge in [0.2, 0.25) is 0 Å². The highest BCUT2D eigenvalue weighted by Crippen LogP contribution is 2.21. The molecule has 114 valence electrons. The third kappa shape index (κ3) is 3.03. The molecule has 1 heterocycles. The molecule has 0 fully saturated rings.